The van der Waals surface area contributed by atoms with Crippen LogP contribution in [0.5, 0.6) is 0 Å². The van der Waals surface area contributed by atoms with E-state index in [0.29, 0.717) is 0 Å². The second-order valence-corrected chi connectivity index (χ2v) is 2.60. The molecule has 1 aliphatic rings. The first-order chi connectivity index (χ1) is 4.93. The maximum atomic E-state index is 6.87. The molecule has 0 amide bonds. The quantitative estimate of drug-likeness (QED) is 0.531. The van der Waals surface area contributed by atoms with Crippen LogP contribution in [0.3, 0.4) is 0 Å². The monoisotopic (exact) mass is 138 g/mol. The Morgan fingerprint density at radius 2 is 2.20 bits per heavy atom. The molecule has 0 bridgehead atoms. The summed E-state index contributed by atoms with van der Waals surface area (Å²) in [6.07, 6.45) is 8.19. The number of rotatable bonds is 1. The van der Waals surface area contributed by atoms with Crippen molar-refractivity contribution in [1.82, 2.24) is 5.32 Å². The van der Waals surface area contributed by atoms with Gasteiger partial charge in [-0.05, 0) is 25.3 Å². The van der Waals surface area contributed by atoms with E-state index in [4.69, 9.17) is 5.41 Å². The zero-order chi connectivity index (χ0) is 7.23. The first kappa shape index (κ1) is 7.32. The molecule has 2 nitrogen and oxygen atoms in total. The summed E-state index contributed by atoms with van der Waals surface area (Å²) in [7, 11) is 0. The van der Waals surface area contributed by atoms with E-state index >= 15 is 0 Å². The van der Waals surface area contributed by atoms with E-state index in [0.717, 1.165) is 13.0 Å². The molecule has 0 aromatic carbocycles. The van der Waals surface area contributed by atoms with Crippen LogP contribution in [0.2, 0.25) is 0 Å². The Morgan fingerprint density at radius 1 is 1.30 bits per heavy atom. The molecule has 2 heteroatoms. The standard InChI is InChI=1S/C8H14N2/c9-6-5-8-4-2-1-3-7-10-8/h5-6,9-10H,1-4,7H2/b8-5-,9-6?. The Hall–Kier alpha value is -0.790. The minimum Gasteiger partial charge on any atom is -0.388 e. The van der Waals surface area contributed by atoms with Crippen molar-refractivity contribution < 1.29 is 0 Å². The van der Waals surface area contributed by atoms with Crippen molar-refractivity contribution in [3.63, 3.8) is 0 Å². The van der Waals surface area contributed by atoms with Crippen LogP contribution in [0.15, 0.2) is 11.8 Å². The minimum atomic E-state index is 1.08. The van der Waals surface area contributed by atoms with Gasteiger partial charge in [-0.15, -0.1) is 0 Å². The summed E-state index contributed by atoms with van der Waals surface area (Å²) in [4.78, 5) is 0. The summed E-state index contributed by atoms with van der Waals surface area (Å²) in [5.41, 5.74) is 1.23. The molecule has 56 valence electrons. The molecule has 1 heterocycles. The molecule has 0 spiro atoms. The number of hydrogen-bond acceptors (Lipinski definition) is 2. The molecule has 0 aromatic rings. The van der Waals surface area contributed by atoms with Crippen molar-refractivity contribution in [2.45, 2.75) is 25.7 Å². The van der Waals surface area contributed by atoms with Crippen LogP contribution in [0.25, 0.3) is 0 Å². The Kier molecular flexibility index (Phi) is 3.00. The van der Waals surface area contributed by atoms with E-state index in [1.54, 1.807) is 0 Å². The zero-order valence-corrected chi connectivity index (χ0v) is 6.19. The number of allylic oxidation sites excluding steroid dienone is 2. The molecule has 0 aromatic heterocycles. The molecular weight excluding hydrogens is 124 g/mol. The van der Waals surface area contributed by atoms with Gasteiger partial charge in [0.1, 0.15) is 0 Å². The van der Waals surface area contributed by atoms with Crippen molar-refractivity contribution in [2.75, 3.05) is 6.54 Å². The lowest BCUT2D eigenvalue weighted by Crippen LogP contribution is -2.11. The average Bonchev–Trinajstić information content (AvgIpc) is 2.17. The van der Waals surface area contributed by atoms with Crippen molar-refractivity contribution in [3.8, 4) is 0 Å². The summed E-state index contributed by atoms with van der Waals surface area (Å²) in [6.45, 7) is 1.08. The van der Waals surface area contributed by atoms with Gasteiger partial charge in [0.25, 0.3) is 0 Å². The summed E-state index contributed by atoms with van der Waals surface area (Å²) in [5, 5.41) is 10.2. The second-order valence-electron chi connectivity index (χ2n) is 2.60. The van der Waals surface area contributed by atoms with Gasteiger partial charge in [-0.3, -0.25) is 0 Å². The second kappa shape index (κ2) is 4.09. The normalized spacial score (nSPS) is 23.4. The summed E-state index contributed by atoms with van der Waals surface area (Å²) < 4.78 is 0. The third-order valence-electron chi connectivity index (χ3n) is 1.76. The van der Waals surface area contributed by atoms with Crippen LogP contribution in [-0.4, -0.2) is 12.8 Å². The summed E-state index contributed by atoms with van der Waals surface area (Å²) in [6, 6.07) is 0. The highest BCUT2D eigenvalue weighted by molar-refractivity contribution is 5.68. The third-order valence-corrected chi connectivity index (χ3v) is 1.76. The van der Waals surface area contributed by atoms with Crippen LogP contribution in [0.1, 0.15) is 25.7 Å². The van der Waals surface area contributed by atoms with Gasteiger partial charge in [-0.1, -0.05) is 6.42 Å². The third kappa shape index (κ3) is 2.21. The highest BCUT2D eigenvalue weighted by Gasteiger charge is 2.00. The molecule has 1 aliphatic heterocycles. The van der Waals surface area contributed by atoms with E-state index < -0.39 is 0 Å². The van der Waals surface area contributed by atoms with Gasteiger partial charge in [0.05, 0.1) is 0 Å². The van der Waals surface area contributed by atoms with Gasteiger partial charge in [-0.25, -0.2) is 0 Å². The summed E-state index contributed by atoms with van der Waals surface area (Å²) >= 11 is 0. The van der Waals surface area contributed by atoms with Gasteiger partial charge in [0.15, 0.2) is 0 Å². The highest BCUT2D eigenvalue weighted by Crippen LogP contribution is 2.09. The fraction of sp³-hybridized carbons (Fsp3) is 0.625. The Morgan fingerprint density at radius 3 is 3.00 bits per heavy atom. The predicted octanol–water partition coefficient (Wildman–Crippen LogP) is 1.68. The highest BCUT2D eigenvalue weighted by atomic mass is 14.9. The van der Waals surface area contributed by atoms with Crippen molar-refractivity contribution >= 4 is 6.21 Å². The van der Waals surface area contributed by atoms with Gasteiger partial charge >= 0.3 is 0 Å². The van der Waals surface area contributed by atoms with Gasteiger partial charge in [0.2, 0.25) is 0 Å². The lowest BCUT2D eigenvalue weighted by atomic mass is 10.2. The lowest BCUT2D eigenvalue weighted by Gasteiger charge is -2.02. The van der Waals surface area contributed by atoms with E-state index in [2.05, 4.69) is 5.32 Å². The van der Waals surface area contributed by atoms with Crippen LogP contribution >= 0.6 is 0 Å². The zero-order valence-electron chi connectivity index (χ0n) is 6.19. The number of nitrogens with one attached hydrogen (secondary N) is 2. The Balaban J connectivity index is 2.42. The molecule has 2 N–H and O–H groups in total. The average molecular weight is 138 g/mol. The van der Waals surface area contributed by atoms with Crippen molar-refractivity contribution in [1.29, 1.82) is 5.41 Å². The molecule has 0 atom stereocenters. The fourth-order valence-corrected chi connectivity index (χ4v) is 1.20. The van der Waals surface area contributed by atoms with Crippen molar-refractivity contribution in [2.24, 2.45) is 0 Å². The molecular formula is C8H14N2. The van der Waals surface area contributed by atoms with E-state index in [1.165, 1.54) is 31.2 Å². The van der Waals surface area contributed by atoms with Crippen LogP contribution in [0, 0.1) is 5.41 Å². The van der Waals surface area contributed by atoms with Crippen LogP contribution in [0.4, 0.5) is 0 Å². The van der Waals surface area contributed by atoms with E-state index in [9.17, 15) is 0 Å². The molecule has 10 heavy (non-hydrogen) atoms. The molecule has 1 fully saturated rings. The number of hydrogen-bond donors (Lipinski definition) is 2. The molecule has 1 saturated heterocycles. The molecule has 0 unspecified atom stereocenters. The predicted molar refractivity (Wildman–Crippen MR) is 43.3 cm³/mol. The SMILES string of the molecule is N=C/C=C1/CCCCCN1. The van der Waals surface area contributed by atoms with E-state index in [-0.39, 0.29) is 0 Å². The topological polar surface area (TPSA) is 35.9 Å². The molecule has 0 saturated carbocycles. The lowest BCUT2D eigenvalue weighted by molar-refractivity contribution is 0.721. The first-order valence-electron chi connectivity index (χ1n) is 3.87. The largest absolute Gasteiger partial charge is 0.388 e. The molecule has 0 radical (unpaired) electrons. The molecule has 1 rings (SSSR count). The van der Waals surface area contributed by atoms with E-state index in [1.807, 2.05) is 6.08 Å². The first-order valence-corrected chi connectivity index (χ1v) is 3.87. The minimum absolute atomic E-state index is 1.08. The maximum Gasteiger partial charge on any atom is 0.0194 e. The fourth-order valence-electron chi connectivity index (χ4n) is 1.20. The smallest absolute Gasteiger partial charge is 0.0194 e. The van der Waals surface area contributed by atoms with Crippen LogP contribution in [-0.2, 0) is 0 Å². The van der Waals surface area contributed by atoms with Crippen LogP contribution < -0.4 is 5.32 Å². The van der Waals surface area contributed by atoms with Crippen molar-refractivity contribution in [3.05, 3.63) is 11.8 Å². The summed E-state index contributed by atoms with van der Waals surface area (Å²) in [5.74, 6) is 0. The maximum absolute atomic E-state index is 6.87. The van der Waals surface area contributed by atoms with Gasteiger partial charge in [0, 0.05) is 18.5 Å². The Bertz CT molecular complexity index is 128. The Labute approximate surface area is 61.8 Å². The van der Waals surface area contributed by atoms with Gasteiger partial charge in [-0.2, -0.15) is 0 Å². The molecule has 0 aliphatic carbocycles. The van der Waals surface area contributed by atoms with Gasteiger partial charge < -0.3 is 10.7 Å².